The first-order valence-corrected chi connectivity index (χ1v) is 8.38. The van der Waals surface area contributed by atoms with Crippen molar-refractivity contribution in [2.24, 2.45) is 5.73 Å². The average molecular weight is 296 g/mol. The van der Waals surface area contributed by atoms with Gasteiger partial charge in [-0.2, -0.15) is 0 Å². The monoisotopic (exact) mass is 296 g/mol. The quantitative estimate of drug-likeness (QED) is 0.865. The summed E-state index contributed by atoms with van der Waals surface area (Å²) < 4.78 is 24.3. The number of benzene rings is 1. The number of carbonyl (C=O) groups excluding carboxylic acids is 1. The highest BCUT2D eigenvalue weighted by atomic mass is 32.2. The van der Waals surface area contributed by atoms with Gasteiger partial charge in [0.05, 0.1) is 10.6 Å². The van der Waals surface area contributed by atoms with Crippen molar-refractivity contribution in [1.29, 1.82) is 0 Å². The number of primary amides is 1. The Kier molecular flexibility index (Phi) is 3.88. The SMILES string of the molecule is CCC(C)NC1(C(N)=O)CCS(=O)(=O)c2ccccc21. The molecule has 0 spiro atoms. The number of sulfone groups is 1. The van der Waals surface area contributed by atoms with Gasteiger partial charge in [0.15, 0.2) is 9.84 Å². The summed E-state index contributed by atoms with van der Waals surface area (Å²) in [5.41, 5.74) is 4.98. The number of carbonyl (C=O) groups is 1. The van der Waals surface area contributed by atoms with Crippen LogP contribution in [-0.2, 0) is 20.2 Å². The van der Waals surface area contributed by atoms with Crippen molar-refractivity contribution in [2.45, 2.75) is 43.2 Å². The molecular weight excluding hydrogens is 276 g/mol. The molecule has 0 aromatic heterocycles. The van der Waals surface area contributed by atoms with Gasteiger partial charge in [-0.05, 0) is 25.8 Å². The van der Waals surface area contributed by atoms with Crippen LogP contribution in [0.15, 0.2) is 29.2 Å². The predicted octanol–water partition coefficient (Wildman–Crippen LogP) is 0.933. The van der Waals surface area contributed by atoms with Crippen molar-refractivity contribution in [1.82, 2.24) is 5.32 Å². The summed E-state index contributed by atoms with van der Waals surface area (Å²) in [6, 6.07) is 6.68. The molecule has 1 amide bonds. The molecule has 20 heavy (non-hydrogen) atoms. The first kappa shape index (κ1) is 15.0. The molecule has 0 radical (unpaired) electrons. The maximum Gasteiger partial charge on any atom is 0.242 e. The smallest absolute Gasteiger partial charge is 0.242 e. The van der Waals surface area contributed by atoms with Gasteiger partial charge in [-0.15, -0.1) is 0 Å². The Balaban J connectivity index is 2.63. The normalized spacial score (nSPS) is 25.7. The van der Waals surface area contributed by atoms with Crippen molar-refractivity contribution < 1.29 is 13.2 Å². The van der Waals surface area contributed by atoms with Crippen molar-refractivity contribution in [2.75, 3.05) is 5.75 Å². The second-order valence-electron chi connectivity index (χ2n) is 5.29. The number of fused-ring (bicyclic) bond motifs is 1. The van der Waals surface area contributed by atoms with Crippen LogP contribution in [0.3, 0.4) is 0 Å². The highest BCUT2D eigenvalue weighted by Gasteiger charge is 2.46. The van der Waals surface area contributed by atoms with E-state index in [0.717, 1.165) is 6.42 Å². The maximum absolute atomic E-state index is 12.2. The molecule has 2 rings (SSSR count). The molecule has 0 saturated heterocycles. The summed E-state index contributed by atoms with van der Waals surface area (Å²) in [4.78, 5) is 12.3. The third kappa shape index (κ3) is 2.33. The van der Waals surface area contributed by atoms with Gasteiger partial charge in [-0.25, -0.2) is 8.42 Å². The summed E-state index contributed by atoms with van der Waals surface area (Å²) in [6.07, 6.45) is 0.996. The van der Waals surface area contributed by atoms with Crippen LogP contribution >= 0.6 is 0 Å². The first-order chi connectivity index (χ1) is 9.33. The Hall–Kier alpha value is -1.40. The third-order valence-electron chi connectivity index (χ3n) is 3.95. The van der Waals surface area contributed by atoms with Crippen molar-refractivity contribution in [3.63, 3.8) is 0 Å². The van der Waals surface area contributed by atoms with Crippen LogP contribution in [0.2, 0.25) is 0 Å². The number of nitrogens with two attached hydrogens (primary N) is 1. The van der Waals surface area contributed by atoms with E-state index in [4.69, 9.17) is 5.73 Å². The molecule has 1 aliphatic rings. The van der Waals surface area contributed by atoms with Gasteiger partial charge in [0.2, 0.25) is 5.91 Å². The van der Waals surface area contributed by atoms with E-state index in [-0.39, 0.29) is 23.1 Å². The minimum atomic E-state index is -3.34. The highest BCUT2D eigenvalue weighted by molar-refractivity contribution is 7.91. The molecule has 3 N–H and O–H groups in total. The molecule has 5 nitrogen and oxygen atoms in total. The van der Waals surface area contributed by atoms with Crippen LogP contribution < -0.4 is 11.1 Å². The van der Waals surface area contributed by atoms with Crippen molar-refractivity contribution >= 4 is 15.7 Å². The van der Waals surface area contributed by atoms with Crippen LogP contribution in [0.5, 0.6) is 0 Å². The van der Waals surface area contributed by atoms with Gasteiger partial charge >= 0.3 is 0 Å². The zero-order valence-corrected chi connectivity index (χ0v) is 12.5. The second kappa shape index (κ2) is 5.18. The molecule has 1 heterocycles. The number of hydrogen-bond donors (Lipinski definition) is 2. The van der Waals surface area contributed by atoms with E-state index in [1.54, 1.807) is 24.3 Å². The largest absolute Gasteiger partial charge is 0.368 e. The van der Waals surface area contributed by atoms with Gasteiger partial charge in [0.1, 0.15) is 5.54 Å². The topological polar surface area (TPSA) is 89.3 Å². The summed E-state index contributed by atoms with van der Waals surface area (Å²) >= 11 is 0. The van der Waals surface area contributed by atoms with Gasteiger partial charge in [0.25, 0.3) is 0 Å². The fourth-order valence-corrected chi connectivity index (χ4v) is 4.28. The Morgan fingerprint density at radius 3 is 2.70 bits per heavy atom. The van der Waals surface area contributed by atoms with Gasteiger partial charge < -0.3 is 5.73 Å². The third-order valence-corrected chi connectivity index (χ3v) is 5.72. The minimum absolute atomic E-state index is 0.0661. The van der Waals surface area contributed by atoms with Crippen LogP contribution in [0.25, 0.3) is 0 Å². The lowest BCUT2D eigenvalue weighted by Gasteiger charge is -2.38. The summed E-state index contributed by atoms with van der Waals surface area (Å²) in [6.45, 7) is 3.95. The lowest BCUT2D eigenvalue weighted by Crippen LogP contribution is -2.58. The van der Waals surface area contributed by atoms with E-state index < -0.39 is 21.3 Å². The molecular formula is C14H20N2O3S. The van der Waals surface area contributed by atoms with Gasteiger partial charge in [0, 0.05) is 11.6 Å². The zero-order chi connectivity index (χ0) is 15.0. The molecule has 2 atom stereocenters. The Morgan fingerprint density at radius 1 is 1.45 bits per heavy atom. The lowest BCUT2D eigenvalue weighted by atomic mass is 9.85. The molecule has 0 bridgehead atoms. The molecule has 1 aliphatic heterocycles. The van der Waals surface area contributed by atoms with Crippen LogP contribution in [0, 0.1) is 0 Å². The van der Waals surface area contributed by atoms with Crippen molar-refractivity contribution in [3.8, 4) is 0 Å². The molecule has 6 heteroatoms. The second-order valence-corrected chi connectivity index (χ2v) is 7.37. The Labute approximate surface area is 119 Å². The number of rotatable bonds is 4. The van der Waals surface area contributed by atoms with E-state index >= 15 is 0 Å². The fraction of sp³-hybridized carbons (Fsp3) is 0.500. The van der Waals surface area contributed by atoms with E-state index in [0.29, 0.717) is 5.56 Å². The predicted molar refractivity (Wildman–Crippen MR) is 76.9 cm³/mol. The van der Waals surface area contributed by atoms with E-state index in [1.807, 2.05) is 13.8 Å². The van der Waals surface area contributed by atoms with E-state index in [1.165, 1.54) is 0 Å². The average Bonchev–Trinajstić information content (AvgIpc) is 2.42. The van der Waals surface area contributed by atoms with Crippen molar-refractivity contribution in [3.05, 3.63) is 29.8 Å². The molecule has 2 unspecified atom stereocenters. The lowest BCUT2D eigenvalue weighted by molar-refractivity contribution is -0.125. The molecule has 0 aliphatic carbocycles. The summed E-state index contributed by atoms with van der Waals surface area (Å²) in [5, 5.41) is 3.24. The standard InChI is InChI=1S/C14H20N2O3S/c1-3-10(2)16-14(13(15)17)8-9-20(18,19)12-7-5-4-6-11(12)14/h4-7,10,16H,3,8-9H2,1-2H3,(H2,15,17). The summed E-state index contributed by atoms with van der Waals surface area (Å²) in [5.74, 6) is -0.601. The Bertz CT molecular complexity index is 627. The van der Waals surface area contributed by atoms with Crippen LogP contribution in [0.4, 0.5) is 0 Å². The molecule has 0 saturated carbocycles. The summed E-state index contributed by atoms with van der Waals surface area (Å²) in [7, 11) is -3.34. The molecule has 1 aromatic carbocycles. The van der Waals surface area contributed by atoms with E-state index in [2.05, 4.69) is 5.32 Å². The first-order valence-electron chi connectivity index (χ1n) is 6.73. The molecule has 0 fully saturated rings. The number of amides is 1. The fourth-order valence-electron chi connectivity index (χ4n) is 2.62. The zero-order valence-electron chi connectivity index (χ0n) is 11.7. The van der Waals surface area contributed by atoms with Crippen LogP contribution in [0.1, 0.15) is 32.3 Å². The Morgan fingerprint density at radius 2 is 2.10 bits per heavy atom. The number of nitrogens with one attached hydrogen (secondary N) is 1. The minimum Gasteiger partial charge on any atom is -0.368 e. The van der Waals surface area contributed by atoms with E-state index in [9.17, 15) is 13.2 Å². The van der Waals surface area contributed by atoms with Gasteiger partial charge in [-0.1, -0.05) is 25.1 Å². The highest BCUT2D eigenvalue weighted by Crippen LogP contribution is 2.37. The van der Waals surface area contributed by atoms with Crippen LogP contribution in [-0.4, -0.2) is 26.1 Å². The number of hydrogen-bond acceptors (Lipinski definition) is 4. The molecule has 1 aromatic rings. The molecule has 110 valence electrons. The maximum atomic E-state index is 12.2. The van der Waals surface area contributed by atoms with Gasteiger partial charge in [-0.3, -0.25) is 10.1 Å².